The van der Waals surface area contributed by atoms with Crippen LogP contribution in [0.1, 0.15) is 60.4 Å². The smallest absolute Gasteiger partial charge is 0.355 e. The number of aromatic carboxylic acids is 1. The van der Waals surface area contributed by atoms with Gasteiger partial charge in [-0.05, 0) is 32.1 Å². The maximum atomic E-state index is 12.5. The van der Waals surface area contributed by atoms with Gasteiger partial charge in [0.15, 0.2) is 5.69 Å². The Morgan fingerprint density at radius 1 is 1.43 bits per heavy atom. The van der Waals surface area contributed by atoms with E-state index >= 15 is 0 Å². The lowest BCUT2D eigenvalue weighted by Gasteiger charge is -2.33. The summed E-state index contributed by atoms with van der Waals surface area (Å²) in [7, 11) is 0. The van der Waals surface area contributed by atoms with Crippen LogP contribution in [0.5, 0.6) is 0 Å². The highest BCUT2D eigenvalue weighted by Gasteiger charge is 2.50. The molecule has 1 saturated heterocycles. The van der Waals surface area contributed by atoms with Crippen LogP contribution in [0.25, 0.3) is 0 Å². The number of likely N-dealkylation sites (tertiary alicyclic amines) is 1. The van der Waals surface area contributed by atoms with Crippen LogP contribution < -0.4 is 0 Å². The first-order valence-electron chi connectivity index (χ1n) is 7.54. The SMILES string of the molecule is CCC1(C(=O)N2CCC(c3nc(C(=O)O)cs3)CC2)CC1. The van der Waals surface area contributed by atoms with E-state index in [9.17, 15) is 9.59 Å². The van der Waals surface area contributed by atoms with Gasteiger partial charge < -0.3 is 10.0 Å². The third-order valence-electron chi connectivity index (χ3n) is 4.86. The van der Waals surface area contributed by atoms with E-state index in [0.29, 0.717) is 11.8 Å². The molecule has 0 bridgehead atoms. The van der Waals surface area contributed by atoms with Gasteiger partial charge in [0.1, 0.15) is 0 Å². The third kappa shape index (κ3) is 2.69. The van der Waals surface area contributed by atoms with Gasteiger partial charge in [-0.2, -0.15) is 0 Å². The number of carboxylic acids is 1. The Morgan fingerprint density at radius 2 is 2.10 bits per heavy atom. The highest BCUT2D eigenvalue weighted by atomic mass is 32.1. The molecule has 114 valence electrons. The molecule has 2 fully saturated rings. The van der Waals surface area contributed by atoms with Crippen molar-refractivity contribution in [2.45, 2.75) is 44.9 Å². The zero-order valence-electron chi connectivity index (χ0n) is 12.2. The molecule has 1 aromatic heterocycles. The molecule has 2 aliphatic rings. The van der Waals surface area contributed by atoms with Gasteiger partial charge >= 0.3 is 5.97 Å². The second kappa shape index (κ2) is 5.40. The van der Waals surface area contributed by atoms with Crippen molar-refractivity contribution >= 4 is 23.2 Å². The molecule has 1 aliphatic carbocycles. The van der Waals surface area contributed by atoms with Gasteiger partial charge in [0.25, 0.3) is 0 Å². The van der Waals surface area contributed by atoms with Crippen LogP contribution in [0, 0.1) is 5.41 Å². The molecule has 1 N–H and O–H groups in total. The topological polar surface area (TPSA) is 70.5 Å². The summed E-state index contributed by atoms with van der Waals surface area (Å²) in [5.41, 5.74) is 0.0845. The van der Waals surface area contributed by atoms with Gasteiger partial charge in [0, 0.05) is 29.8 Å². The molecule has 0 aromatic carbocycles. The summed E-state index contributed by atoms with van der Waals surface area (Å²) in [4.78, 5) is 29.6. The number of thiazole rings is 1. The Kier molecular flexibility index (Phi) is 3.73. The number of carboxylic acid groups (broad SMARTS) is 1. The maximum Gasteiger partial charge on any atom is 0.355 e. The monoisotopic (exact) mass is 308 g/mol. The summed E-state index contributed by atoms with van der Waals surface area (Å²) < 4.78 is 0. The van der Waals surface area contributed by atoms with E-state index in [1.165, 1.54) is 11.3 Å². The predicted molar refractivity (Wildman–Crippen MR) is 79.6 cm³/mol. The average Bonchev–Trinajstić information content (AvgIpc) is 3.14. The molecule has 0 unspecified atom stereocenters. The van der Waals surface area contributed by atoms with Crippen molar-refractivity contribution in [2.24, 2.45) is 5.41 Å². The van der Waals surface area contributed by atoms with Crippen LogP contribution in [0.3, 0.4) is 0 Å². The van der Waals surface area contributed by atoms with Crippen LogP contribution in [-0.2, 0) is 4.79 Å². The van der Waals surface area contributed by atoms with E-state index < -0.39 is 5.97 Å². The van der Waals surface area contributed by atoms with E-state index in [0.717, 1.165) is 50.2 Å². The van der Waals surface area contributed by atoms with Gasteiger partial charge in [-0.25, -0.2) is 9.78 Å². The lowest BCUT2D eigenvalue weighted by atomic mass is 9.94. The van der Waals surface area contributed by atoms with E-state index in [1.54, 1.807) is 5.38 Å². The molecule has 0 atom stereocenters. The summed E-state index contributed by atoms with van der Waals surface area (Å²) in [5.74, 6) is -0.346. The van der Waals surface area contributed by atoms with Gasteiger partial charge in [0.2, 0.25) is 5.91 Å². The number of aromatic nitrogens is 1. The molecule has 1 saturated carbocycles. The van der Waals surface area contributed by atoms with E-state index in [4.69, 9.17) is 5.11 Å². The third-order valence-corrected chi connectivity index (χ3v) is 5.86. The fourth-order valence-electron chi connectivity index (χ4n) is 3.11. The maximum absolute atomic E-state index is 12.5. The van der Waals surface area contributed by atoms with Crippen molar-refractivity contribution in [3.63, 3.8) is 0 Å². The normalized spacial score (nSPS) is 21.3. The number of carbonyl (C=O) groups is 2. The lowest BCUT2D eigenvalue weighted by molar-refractivity contribution is -0.138. The number of hydrogen-bond acceptors (Lipinski definition) is 4. The van der Waals surface area contributed by atoms with E-state index in [2.05, 4.69) is 11.9 Å². The van der Waals surface area contributed by atoms with Crippen LogP contribution in [-0.4, -0.2) is 40.0 Å². The van der Waals surface area contributed by atoms with Crippen LogP contribution >= 0.6 is 11.3 Å². The van der Waals surface area contributed by atoms with Crippen molar-refractivity contribution in [2.75, 3.05) is 13.1 Å². The number of piperidine rings is 1. The number of carbonyl (C=O) groups excluding carboxylic acids is 1. The summed E-state index contributed by atoms with van der Waals surface area (Å²) in [6.07, 6.45) is 4.80. The predicted octanol–water partition coefficient (Wildman–Crippen LogP) is 2.74. The summed E-state index contributed by atoms with van der Waals surface area (Å²) in [5, 5.41) is 11.4. The summed E-state index contributed by atoms with van der Waals surface area (Å²) >= 11 is 1.42. The fraction of sp³-hybridized carbons (Fsp3) is 0.667. The fourth-order valence-corrected chi connectivity index (χ4v) is 4.07. The minimum atomic E-state index is -0.969. The van der Waals surface area contributed by atoms with Crippen LogP contribution in [0.15, 0.2) is 5.38 Å². The van der Waals surface area contributed by atoms with E-state index in [1.807, 2.05) is 4.90 Å². The molecule has 0 radical (unpaired) electrons. The second-order valence-electron chi connectivity index (χ2n) is 6.08. The molecule has 5 nitrogen and oxygen atoms in total. The lowest BCUT2D eigenvalue weighted by Crippen LogP contribution is -2.42. The van der Waals surface area contributed by atoms with Crippen molar-refractivity contribution in [1.82, 2.24) is 9.88 Å². The van der Waals surface area contributed by atoms with Crippen molar-refractivity contribution in [1.29, 1.82) is 0 Å². The summed E-state index contributed by atoms with van der Waals surface area (Å²) in [6, 6.07) is 0. The molecule has 3 rings (SSSR count). The Morgan fingerprint density at radius 3 is 2.57 bits per heavy atom. The second-order valence-corrected chi connectivity index (χ2v) is 6.97. The Labute approximate surface area is 128 Å². The molecule has 0 spiro atoms. The highest BCUT2D eigenvalue weighted by molar-refractivity contribution is 7.09. The standard InChI is InChI=1S/C15H20N2O3S/c1-2-15(5-6-15)14(20)17-7-3-10(4-8-17)12-16-11(9-21-12)13(18)19/h9-10H,2-8H2,1H3,(H,18,19). The minimum Gasteiger partial charge on any atom is -0.476 e. The number of hydrogen-bond donors (Lipinski definition) is 1. The van der Waals surface area contributed by atoms with Gasteiger partial charge in [-0.3, -0.25) is 4.79 Å². The first kappa shape index (κ1) is 14.5. The van der Waals surface area contributed by atoms with Gasteiger partial charge in [0.05, 0.1) is 5.01 Å². The van der Waals surface area contributed by atoms with Crippen LogP contribution in [0.2, 0.25) is 0 Å². The number of rotatable bonds is 4. The van der Waals surface area contributed by atoms with Gasteiger partial charge in [-0.15, -0.1) is 11.3 Å². The molecule has 1 aromatic rings. The Hall–Kier alpha value is -1.43. The molecule has 2 heterocycles. The average molecular weight is 308 g/mol. The molecular weight excluding hydrogens is 288 g/mol. The number of nitrogens with zero attached hydrogens (tertiary/aromatic N) is 2. The minimum absolute atomic E-state index is 0.0511. The van der Waals surface area contributed by atoms with Gasteiger partial charge in [-0.1, -0.05) is 6.92 Å². The summed E-state index contributed by atoms with van der Waals surface area (Å²) in [6.45, 7) is 3.64. The van der Waals surface area contributed by atoms with Crippen molar-refractivity contribution in [3.05, 3.63) is 16.1 Å². The molecular formula is C15H20N2O3S. The van der Waals surface area contributed by atoms with E-state index in [-0.39, 0.29) is 11.1 Å². The van der Waals surface area contributed by atoms with Crippen molar-refractivity contribution in [3.8, 4) is 0 Å². The van der Waals surface area contributed by atoms with Crippen molar-refractivity contribution < 1.29 is 14.7 Å². The molecule has 21 heavy (non-hydrogen) atoms. The highest BCUT2D eigenvalue weighted by Crippen LogP contribution is 2.50. The Balaban J connectivity index is 1.60. The first-order valence-corrected chi connectivity index (χ1v) is 8.42. The zero-order chi connectivity index (χ0) is 15.0. The number of amides is 1. The quantitative estimate of drug-likeness (QED) is 0.928. The Bertz CT molecular complexity index is 557. The molecule has 6 heteroatoms. The first-order chi connectivity index (χ1) is 10.1. The zero-order valence-corrected chi connectivity index (χ0v) is 13.0. The largest absolute Gasteiger partial charge is 0.476 e. The molecule has 1 amide bonds. The van der Waals surface area contributed by atoms with Crippen LogP contribution in [0.4, 0.5) is 0 Å². The molecule has 1 aliphatic heterocycles.